The topological polar surface area (TPSA) is 63.8 Å². The Morgan fingerprint density at radius 3 is 2.47 bits per heavy atom. The number of aryl methyl sites for hydroxylation is 2. The minimum absolute atomic E-state index is 0.249. The monoisotopic (exact) mass is 248 g/mol. The summed E-state index contributed by atoms with van der Waals surface area (Å²) in [7, 11) is 0. The predicted molar refractivity (Wildman–Crippen MR) is 70.7 cm³/mol. The number of hydrogen-bond donors (Lipinski definition) is 2. The molecule has 3 N–H and O–H groups in total. The van der Waals surface area contributed by atoms with E-state index in [2.05, 4.69) is 15.3 Å². The summed E-state index contributed by atoms with van der Waals surface area (Å²) in [6, 6.07) is 5.58. The van der Waals surface area contributed by atoms with Crippen molar-refractivity contribution < 1.29 is 0 Å². The first kappa shape index (κ1) is 11.7. The van der Waals surface area contributed by atoms with E-state index in [1.807, 2.05) is 26.0 Å². The highest BCUT2D eigenvalue weighted by molar-refractivity contribution is 6.30. The molecule has 1 aromatic carbocycles. The van der Waals surface area contributed by atoms with Gasteiger partial charge >= 0.3 is 0 Å². The van der Waals surface area contributed by atoms with E-state index in [0.717, 1.165) is 21.8 Å². The van der Waals surface area contributed by atoms with Gasteiger partial charge in [-0.25, -0.2) is 4.98 Å². The largest absolute Gasteiger partial charge is 0.368 e. The maximum absolute atomic E-state index is 5.98. The molecule has 5 heteroatoms. The first-order valence-corrected chi connectivity index (χ1v) is 5.56. The van der Waals surface area contributed by atoms with Crippen LogP contribution in [0.1, 0.15) is 11.1 Å². The fraction of sp³-hybridized carbons (Fsp3) is 0.167. The van der Waals surface area contributed by atoms with Crippen molar-refractivity contribution in [3.8, 4) is 0 Å². The molecular formula is C12H13ClN4. The quantitative estimate of drug-likeness (QED) is 0.857. The average Bonchev–Trinajstić information content (AvgIpc) is 2.23. The number of nitrogen functional groups attached to an aromatic ring is 1. The number of aromatic nitrogens is 2. The smallest absolute Gasteiger partial charge is 0.221 e. The minimum Gasteiger partial charge on any atom is -0.368 e. The SMILES string of the molecule is Cc1cc(Cl)cc(C)c1Nc1ccnc(N)n1. The van der Waals surface area contributed by atoms with Crippen LogP contribution in [0.4, 0.5) is 17.5 Å². The highest BCUT2D eigenvalue weighted by Gasteiger charge is 2.05. The van der Waals surface area contributed by atoms with E-state index >= 15 is 0 Å². The summed E-state index contributed by atoms with van der Waals surface area (Å²) < 4.78 is 0. The van der Waals surface area contributed by atoms with Crippen molar-refractivity contribution in [1.29, 1.82) is 0 Å². The van der Waals surface area contributed by atoms with E-state index in [-0.39, 0.29) is 5.95 Å². The van der Waals surface area contributed by atoms with Gasteiger partial charge in [0.25, 0.3) is 0 Å². The number of nitrogens with two attached hydrogens (primary N) is 1. The van der Waals surface area contributed by atoms with Gasteiger partial charge in [-0.2, -0.15) is 4.98 Å². The molecule has 17 heavy (non-hydrogen) atoms. The molecule has 2 rings (SSSR count). The minimum atomic E-state index is 0.249. The highest BCUT2D eigenvalue weighted by Crippen LogP contribution is 2.27. The van der Waals surface area contributed by atoms with Gasteiger partial charge in [0, 0.05) is 16.9 Å². The first-order chi connectivity index (χ1) is 8.06. The molecule has 0 saturated heterocycles. The maximum Gasteiger partial charge on any atom is 0.221 e. The zero-order chi connectivity index (χ0) is 12.4. The zero-order valence-electron chi connectivity index (χ0n) is 9.66. The summed E-state index contributed by atoms with van der Waals surface area (Å²) in [6.45, 7) is 3.98. The Hall–Kier alpha value is -1.81. The van der Waals surface area contributed by atoms with Crippen molar-refractivity contribution >= 4 is 29.1 Å². The van der Waals surface area contributed by atoms with Crippen LogP contribution in [0.3, 0.4) is 0 Å². The molecule has 0 unspecified atom stereocenters. The Kier molecular flexibility index (Phi) is 3.15. The molecule has 0 fully saturated rings. The fourth-order valence-electron chi connectivity index (χ4n) is 1.68. The summed E-state index contributed by atoms with van der Waals surface area (Å²) in [5.74, 6) is 0.922. The average molecular weight is 249 g/mol. The van der Waals surface area contributed by atoms with Gasteiger partial charge in [-0.3, -0.25) is 0 Å². The number of anilines is 3. The summed E-state index contributed by atoms with van der Waals surface area (Å²) in [6.07, 6.45) is 1.62. The summed E-state index contributed by atoms with van der Waals surface area (Å²) in [5, 5.41) is 3.95. The molecule has 0 radical (unpaired) electrons. The second-order valence-electron chi connectivity index (χ2n) is 3.84. The van der Waals surface area contributed by atoms with Crippen LogP contribution in [0.15, 0.2) is 24.4 Å². The Morgan fingerprint density at radius 1 is 1.24 bits per heavy atom. The zero-order valence-corrected chi connectivity index (χ0v) is 10.4. The number of nitrogens with one attached hydrogen (secondary N) is 1. The molecule has 1 aromatic heterocycles. The lowest BCUT2D eigenvalue weighted by molar-refractivity contribution is 1.18. The molecule has 0 spiro atoms. The van der Waals surface area contributed by atoms with Crippen molar-refractivity contribution in [3.05, 3.63) is 40.5 Å². The van der Waals surface area contributed by atoms with Gasteiger partial charge in [-0.1, -0.05) is 11.6 Å². The lowest BCUT2D eigenvalue weighted by Gasteiger charge is -2.12. The molecule has 0 atom stereocenters. The highest BCUT2D eigenvalue weighted by atomic mass is 35.5. The summed E-state index contributed by atoms with van der Waals surface area (Å²) in [5.41, 5.74) is 8.65. The Labute approximate surface area is 105 Å². The van der Waals surface area contributed by atoms with Crippen molar-refractivity contribution in [1.82, 2.24) is 9.97 Å². The number of hydrogen-bond acceptors (Lipinski definition) is 4. The van der Waals surface area contributed by atoms with Crippen LogP contribution >= 0.6 is 11.6 Å². The molecule has 0 aliphatic carbocycles. The van der Waals surface area contributed by atoms with Gasteiger partial charge in [-0.05, 0) is 43.2 Å². The Balaban J connectivity index is 2.36. The van der Waals surface area contributed by atoms with Crippen LogP contribution < -0.4 is 11.1 Å². The van der Waals surface area contributed by atoms with E-state index in [1.165, 1.54) is 0 Å². The second-order valence-corrected chi connectivity index (χ2v) is 4.28. The Bertz CT molecular complexity index is 531. The molecule has 2 aromatic rings. The lowest BCUT2D eigenvalue weighted by Crippen LogP contribution is -2.01. The van der Waals surface area contributed by atoms with Crippen molar-refractivity contribution in [2.24, 2.45) is 0 Å². The standard InChI is InChI=1S/C12H13ClN4/c1-7-5-9(13)6-8(2)11(7)16-10-3-4-15-12(14)17-10/h3-6H,1-2H3,(H3,14,15,16,17). The number of rotatable bonds is 2. The van der Waals surface area contributed by atoms with Crippen LogP contribution in [-0.2, 0) is 0 Å². The molecule has 88 valence electrons. The van der Waals surface area contributed by atoms with E-state index in [0.29, 0.717) is 5.82 Å². The van der Waals surface area contributed by atoms with Crippen molar-refractivity contribution in [3.63, 3.8) is 0 Å². The van der Waals surface area contributed by atoms with Crippen LogP contribution in [0.2, 0.25) is 5.02 Å². The molecule has 4 nitrogen and oxygen atoms in total. The molecule has 0 aliphatic heterocycles. The van der Waals surface area contributed by atoms with E-state index in [9.17, 15) is 0 Å². The van der Waals surface area contributed by atoms with Gasteiger partial charge in [0.15, 0.2) is 0 Å². The molecule has 0 aliphatic rings. The molecule has 0 bridgehead atoms. The summed E-state index contributed by atoms with van der Waals surface area (Å²) in [4.78, 5) is 7.94. The van der Waals surface area contributed by atoms with Crippen LogP contribution in [-0.4, -0.2) is 9.97 Å². The number of nitrogens with zero attached hydrogens (tertiary/aromatic N) is 2. The molecule has 0 saturated carbocycles. The molecule has 0 amide bonds. The lowest BCUT2D eigenvalue weighted by atomic mass is 10.1. The molecule has 1 heterocycles. The third kappa shape index (κ3) is 2.65. The van der Waals surface area contributed by atoms with Gasteiger partial charge < -0.3 is 11.1 Å². The van der Waals surface area contributed by atoms with Crippen LogP contribution in [0, 0.1) is 13.8 Å². The third-order valence-electron chi connectivity index (χ3n) is 2.42. The van der Waals surface area contributed by atoms with Gasteiger partial charge in [0.05, 0.1) is 0 Å². The fourth-order valence-corrected chi connectivity index (χ4v) is 2.01. The van der Waals surface area contributed by atoms with Crippen LogP contribution in [0.25, 0.3) is 0 Å². The number of halogens is 1. The van der Waals surface area contributed by atoms with E-state index in [4.69, 9.17) is 17.3 Å². The maximum atomic E-state index is 5.98. The second kappa shape index (κ2) is 4.59. The molecular weight excluding hydrogens is 236 g/mol. The van der Waals surface area contributed by atoms with Gasteiger partial charge in [0.2, 0.25) is 5.95 Å². The van der Waals surface area contributed by atoms with E-state index < -0.39 is 0 Å². The predicted octanol–water partition coefficient (Wildman–Crippen LogP) is 3.07. The Morgan fingerprint density at radius 2 is 1.88 bits per heavy atom. The third-order valence-corrected chi connectivity index (χ3v) is 2.64. The van der Waals surface area contributed by atoms with Gasteiger partial charge in [0.1, 0.15) is 5.82 Å². The van der Waals surface area contributed by atoms with Crippen molar-refractivity contribution in [2.75, 3.05) is 11.1 Å². The van der Waals surface area contributed by atoms with Crippen LogP contribution in [0.5, 0.6) is 0 Å². The first-order valence-electron chi connectivity index (χ1n) is 5.18. The normalized spacial score (nSPS) is 10.3. The summed E-state index contributed by atoms with van der Waals surface area (Å²) >= 11 is 5.98. The van der Waals surface area contributed by atoms with E-state index in [1.54, 1.807) is 12.3 Å². The number of benzene rings is 1. The van der Waals surface area contributed by atoms with Gasteiger partial charge in [-0.15, -0.1) is 0 Å². The van der Waals surface area contributed by atoms with Crippen molar-refractivity contribution in [2.45, 2.75) is 13.8 Å².